The van der Waals surface area contributed by atoms with Gasteiger partial charge in [0.05, 0.1) is 23.9 Å². The van der Waals surface area contributed by atoms with E-state index in [1.807, 2.05) is 0 Å². The molecule has 1 saturated heterocycles. The van der Waals surface area contributed by atoms with E-state index in [9.17, 15) is 23.1 Å². The van der Waals surface area contributed by atoms with Gasteiger partial charge in [-0.25, -0.2) is 8.42 Å². The number of rotatable bonds is 3. The molecule has 1 saturated carbocycles. The van der Waals surface area contributed by atoms with Gasteiger partial charge >= 0.3 is 5.97 Å². The van der Waals surface area contributed by atoms with Gasteiger partial charge in [0.25, 0.3) is 0 Å². The number of carbonyl (C=O) groups is 2. The van der Waals surface area contributed by atoms with Crippen molar-refractivity contribution < 1.29 is 23.1 Å². The van der Waals surface area contributed by atoms with Crippen LogP contribution in [-0.4, -0.2) is 50.3 Å². The zero-order chi connectivity index (χ0) is 14.7. The predicted molar refractivity (Wildman–Crippen MR) is 65.4 cm³/mol. The van der Waals surface area contributed by atoms with E-state index in [1.165, 1.54) is 24.0 Å². The zero-order valence-corrected chi connectivity index (χ0v) is 11.4. The molecule has 0 spiro atoms. The van der Waals surface area contributed by atoms with Crippen molar-refractivity contribution in [2.75, 3.05) is 0 Å². The molecule has 2 aliphatic rings. The molecular formula is C11H13N3O5S. The van der Waals surface area contributed by atoms with Crippen molar-refractivity contribution in [3.8, 4) is 0 Å². The molecule has 4 atom stereocenters. The monoisotopic (exact) mass is 299 g/mol. The summed E-state index contributed by atoms with van der Waals surface area (Å²) in [6, 6.07) is 0. The van der Waals surface area contributed by atoms with Crippen LogP contribution < -0.4 is 0 Å². The third kappa shape index (κ3) is 1.43. The summed E-state index contributed by atoms with van der Waals surface area (Å²) in [5, 5.41) is 15.8. The molecule has 1 aliphatic heterocycles. The van der Waals surface area contributed by atoms with E-state index < -0.39 is 37.6 Å². The summed E-state index contributed by atoms with van der Waals surface area (Å²) in [5.41, 5.74) is 0. The minimum atomic E-state index is -3.72. The van der Waals surface area contributed by atoms with Crippen LogP contribution in [0, 0.1) is 11.8 Å². The predicted octanol–water partition coefficient (Wildman–Crippen LogP) is -0.876. The molecule has 0 aromatic carbocycles. The Morgan fingerprint density at radius 1 is 1.60 bits per heavy atom. The van der Waals surface area contributed by atoms with Gasteiger partial charge in [0.2, 0.25) is 0 Å². The first kappa shape index (κ1) is 13.2. The third-order valence-corrected chi connectivity index (χ3v) is 7.39. The van der Waals surface area contributed by atoms with Crippen molar-refractivity contribution in [1.82, 2.24) is 15.0 Å². The molecule has 8 nitrogen and oxygen atoms in total. The molecular weight excluding hydrogens is 286 g/mol. The first-order valence-corrected chi connectivity index (χ1v) is 7.67. The van der Waals surface area contributed by atoms with Gasteiger partial charge in [-0.1, -0.05) is 5.21 Å². The highest BCUT2D eigenvalue weighted by Crippen LogP contribution is 2.53. The second-order valence-electron chi connectivity index (χ2n) is 5.51. The van der Waals surface area contributed by atoms with Crippen molar-refractivity contribution in [3.63, 3.8) is 0 Å². The SMILES string of the molecule is C[C@]1(Cn2ccnn2)[C@H](C(=O)O)C2C(=O)C[C@H]2S1(=O)=O. The van der Waals surface area contributed by atoms with Crippen molar-refractivity contribution in [1.29, 1.82) is 0 Å². The molecule has 2 heterocycles. The largest absolute Gasteiger partial charge is 0.481 e. The van der Waals surface area contributed by atoms with E-state index in [0.29, 0.717) is 0 Å². The fourth-order valence-electron chi connectivity index (χ4n) is 3.36. The van der Waals surface area contributed by atoms with Crippen LogP contribution >= 0.6 is 0 Å². The lowest BCUT2D eigenvalue weighted by atomic mass is 9.70. The summed E-state index contributed by atoms with van der Waals surface area (Å²) < 4.78 is 24.9. The number of ketones is 1. The van der Waals surface area contributed by atoms with Crippen LogP contribution in [-0.2, 0) is 26.0 Å². The van der Waals surface area contributed by atoms with Crippen LogP contribution in [0.4, 0.5) is 0 Å². The maximum atomic E-state index is 12.6. The lowest BCUT2D eigenvalue weighted by molar-refractivity contribution is -0.150. The third-order valence-electron chi connectivity index (χ3n) is 4.45. The number of aliphatic carboxylic acids is 1. The number of sulfone groups is 1. The van der Waals surface area contributed by atoms with E-state index >= 15 is 0 Å². The van der Waals surface area contributed by atoms with Gasteiger partial charge in [-0.2, -0.15) is 0 Å². The summed E-state index contributed by atoms with van der Waals surface area (Å²) in [6.07, 6.45) is 2.78. The highest BCUT2D eigenvalue weighted by molar-refractivity contribution is 7.94. The van der Waals surface area contributed by atoms with Crippen molar-refractivity contribution in [2.24, 2.45) is 11.8 Å². The molecule has 9 heteroatoms. The Hall–Kier alpha value is -1.77. The number of Topliss-reactive ketones (excluding diaryl/α,β-unsaturated/α-hetero) is 1. The average molecular weight is 299 g/mol. The highest BCUT2D eigenvalue weighted by Gasteiger charge is 2.71. The Morgan fingerprint density at radius 2 is 2.30 bits per heavy atom. The fourth-order valence-corrected chi connectivity index (χ4v) is 6.04. The normalized spacial score (nSPS) is 38.2. The number of carboxylic acids is 1. The molecule has 0 radical (unpaired) electrons. The summed E-state index contributed by atoms with van der Waals surface area (Å²) in [7, 11) is -3.72. The van der Waals surface area contributed by atoms with Gasteiger partial charge in [0, 0.05) is 18.5 Å². The fraction of sp³-hybridized carbons (Fsp3) is 0.636. The molecule has 1 aromatic heterocycles. The van der Waals surface area contributed by atoms with E-state index in [0.717, 1.165) is 0 Å². The van der Waals surface area contributed by atoms with Gasteiger partial charge < -0.3 is 5.11 Å². The van der Waals surface area contributed by atoms with Crippen molar-refractivity contribution in [2.45, 2.75) is 29.9 Å². The van der Waals surface area contributed by atoms with E-state index in [-0.39, 0.29) is 18.7 Å². The first-order chi connectivity index (χ1) is 9.29. The molecule has 0 amide bonds. The summed E-state index contributed by atoms with van der Waals surface area (Å²) >= 11 is 0. The number of carbonyl (C=O) groups excluding carboxylic acids is 1. The van der Waals surface area contributed by atoms with Gasteiger partial charge in [0.15, 0.2) is 9.84 Å². The summed E-state index contributed by atoms with van der Waals surface area (Å²) in [6.45, 7) is 1.26. The van der Waals surface area contributed by atoms with Gasteiger partial charge in [0.1, 0.15) is 10.5 Å². The number of hydrogen-bond donors (Lipinski definition) is 1. The second-order valence-corrected chi connectivity index (χ2v) is 8.14. The number of fused-ring (bicyclic) bond motifs is 1. The Kier molecular flexibility index (Phi) is 2.56. The quantitative estimate of drug-likeness (QED) is 0.769. The van der Waals surface area contributed by atoms with E-state index in [4.69, 9.17) is 0 Å². The Labute approximate surface area is 114 Å². The molecule has 20 heavy (non-hydrogen) atoms. The van der Waals surface area contributed by atoms with Crippen LogP contribution in [0.25, 0.3) is 0 Å². The van der Waals surface area contributed by atoms with Crippen LogP contribution in [0.5, 0.6) is 0 Å². The lowest BCUT2D eigenvalue weighted by Gasteiger charge is -2.29. The Balaban J connectivity index is 2.10. The van der Waals surface area contributed by atoms with Gasteiger partial charge in [-0.15, -0.1) is 5.10 Å². The van der Waals surface area contributed by atoms with Crippen molar-refractivity contribution in [3.05, 3.63) is 12.4 Å². The molecule has 3 rings (SSSR count). The summed E-state index contributed by atoms with van der Waals surface area (Å²) in [5.74, 6) is -3.70. The Morgan fingerprint density at radius 3 is 2.80 bits per heavy atom. The first-order valence-electron chi connectivity index (χ1n) is 6.12. The molecule has 2 fully saturated rings. The number of aromatic nitrogens is 3. The molecule has 1 aliphatic carbocycles. The average Bonchev–Trinajstić information content (AvgIpc) is 2.87. The van der Waals surface area contributed by atoms with Crippen LogP contribution in [0.1, 0.15) is 13.3 Å². The minimum absolute atomic E-state index is 0.0796. The summed E-state index contributed by atoms with van der Waals surface area (Å²) in [4.78, 5) is 23.1. The molecule has 0 bridgehead atoms. The standard InChI is InChI=1S/C11H13N3O5S/c1-11(5-14-3-2-12-13-14)9(10(16)17)8-6(15)4-7(8)20(11,18)19/h2-3,7-9H,4-5H2,1H3,(H,16,17)/t7-,8?,9+,11+/m1/s1. The van der Waals surface area contributed by atoms with E-state index in [1.54, 1.807) is 0 Å². The maximum Gasteiger partial charge on any atom is 0.308 e. The van der Waals surface area contributed by atoms with Crippen LogP contribution in [0.2, 0.25) is 0 Å². The Bertz CT molecular complexity index is 683. The van der Waals surface area contributed by atoms with E-state index in [2.05, 4.69) is 10.3 Å². The maximum absolute atomic E-state index is 12.6. The number of carboxylic acid groups (broad SMARTS) is 1. The van der Waals surface area contributed by atoms with Crippen LogP contribution in [0.3, 0.4) is 0 Å². The van der Waals surface area contributed by atoms with Crippen LogP contribution in [0.15, 0.2) is 12.4 Å². The molecule has 1 unspecified atom stereocenters. The second kappa shape index (κ2) is 3.87. The zero-order valence-electron chi connectivity index (χ0n) is 10.6. The molecule has 108 valence electrons. The molecule has 1 N–H and O–H groups in total. The number of hydrogen-bond acceptors (Lipinski definition) is 6. The number of nitrogens with zero attached hydrogens (tertiary/aromatic N) is 3. The topological polar surface area (TPSA) is 119 Å². The highest BCUT2D eigenvalue weighted by atomic mass is 32.2. The smallest absolute Gasteiger partial charge is 0.308 e. The van der Waals surface area contributed by atoms with Crippen molar-refractivity contribution >= 4 is 21.6 Å². The lowest BCUT2D eigenvalue weighted by Crippen LogP contribution is -2.46. The van der Waals surface area contributed by atoms with Gasteiger partial charge in [-0.3, -0.25) is 14.3 Å². The van der Waals surface area contributed by atoms with Gasteiger partial charge in [-0.05, 0) is 6.92 Å². The molecule has 1 aromatic rings. The minimum Gasteiger partial charge on any atom is -0.481 e.